The Morgan fingerprint density at radius 2 is 1.79 bits per heavy atom. The molecule has 1 aliphatic rings. The molecule has 1 saturated heterocycles. The van der Waals surface area contributed by atoms with Crippen LogP contribution >= 0.6 is 0 Å². The van der Waals surface area contributed by atoms with Crippen molar-refractivity contribution in [1.82, 2.24) is 14.1 Å². The number of rotatable bonds is 5. The zero-order chi connectivity index (χ0) is 24.5. The summed E-state index contributed by atoms with van der Waals surface area (Å²) in [5.74, 6) is -0.840. The fourth-order valence-electron chi connectivity index (χ4n) is 3.90. The van der Waals surface area contributed by atoms with Crippen LogP contribution in [0.25, 0.3) is 5.69 Å². The molecule has 4 rings (SSSR count). The fourth-order valence-corrected chi connectivity index (χ4v) is 5.67. The predicted molar refractivity (Wildman–Crippen MR) is 120 cm³/mol. The molecule has 1 fully saturated rings. The molecule has 0 radical (unpaired) electrons. The van der Waals surface area contributed by atoms with Crippen molar-refractivity contribution < 1.29 is 26.4 Å². The minimum atomic E-state index is -4.73. The highest BCUT2D eigenvalue weighted by Crippen LogP contribution is 2.36. The lowest BCUT2D eigenvalue weighted by atomic mass is 10.1. The number of alkyl halides is 3. The Hall–Kier alpha value is -3.18. The summed E-state index contributed by atoms with van der Waals surface area (Å²) in [5.41, 5.74) is -0.885. The van der Waals surface area contributed by atoms with Crippen molar-refractivity contribution in [1.29, 1.82) is 0 Å². The number of hydrogen-bond donors (Lipinski definition) is 1. The molecule has 0 unspecified atom stereocenters. The van der Waals surface area contributed by atoms with Crippen molar-refractivity contribution in [2.45, 2.75) is 37.3 Å². The molecule has 1 aliphatic heterocycles. The number of carbonyl (C=O) groups is 1. The van der Waals surface area contributed by atoms with Gasteiger partial charge in [0.2, 0.25) is 10.0 Å². The average molecular weight is 493 g/mol. The molecule has 34 heavy (non-hydrogen) atoms. The summed E-state index contributed by atoms with van der Waals surface area (Å²) in [6.45, 7) is 2.42. The van der Waals surface area contributed by atoms with E-state index in [0.717, 1.165) is 31.4 Å². The quantitative estimate of drug-likeness (QED) is 0.563. The first kappa shape index (κ1) is 24.0. The van der Waals surface area contributed by atoms with Gasteiger partial charge in [-0.1, -0.05) is 12.5 Å². The number of benzene rings is 2. The van der Waals surface area contributed by atoms with Gasteiger partial charge in [0.1, 0.15) is 0 Å². The van der Waals surface area contributed by atoms with Crippen LogP contribution in [-0.4, -0.2) is 41.5 Å². The molecule has 0 saturated carbocycles. The van der Waals surface area contributed by atoms with Crippen molar-refractivity contribution in [3.05, 3.63) is 71.5 Å². The van der Waals surface area contributed by atoms with Gasteiger partial charge in [-0.25, -0.2) is 13.1 Å². The molecule has 1 aromatic heterocycles. The van der Waals surface area contributed by atoms with E-state index in [1.807, 2.05) is 0 Å². The SMILES string of the molecule is Cc1ccc(C(=O)Nc2ccc(-n3cccn3)cc2C(F)(F)F)cc1S(=O)(=O)N1CCCCC1. The highest BCUT2D eigenvalue weighted by molar-refractivity contribution is 7.89. The van der Waals surface area contributed by atoms with E-state index in [9.17, 15) is 26.4 Å². The maximum atomic E-state index is 13.7. The molecule has 2 heterocycles. The lowest BCUT2D eigenvalue weighted by Crippen LogP contribution is -2.36. The maximum Gasteiger partial charge on any atom is 0.418 e. The lowest BCUT2D eigenvalue weighted by molar-refractivity contribution is -0.136. The van der Waals surface area contributed by atoms with E-state index >= 15 is 0 Å². The molecule has 7 nitrogen and oxygen atoms in total. The second-order valence-corrected chi connectivity index (χ2v) is 9.98. The summed E-state index contributed by atoms with van der Waals surface area (Å²) in [6.07, 6.45) is 0.677. The lowest BCUT2D eigenvalue weighted by Gasteiger charge is -2.26. The second kappa shape index (κ2) is 9.22. The number of anilines is 1. The number of aromatic nitrogens is 2. The van der Waals surface area contributed by atoms with Crippen LogP contribution in [0.2, 0.25) is 0 Å². The number of carbonyl (C=O) groups excluding carboxylic acids is 1. The van der Waals surface area contributed by atoms with Crippen LogP contribution in [0.1, 0.15) is 40.7 Å². The van der Waals surface area contributed by atoms with Crippen LogP contribution in [-0.2, 0) is 16.2 Å². The topological polar surface area (TPSA) is 84.3 Å². The molecule has 2 aromatic carbocycles. The molecule has 1 amide bonds. The number of nitrogens with zero attached hydrogens (tertiary/aromatic N) is 3. The van der Waals surface area contributed by atoms with Crippen molar-refractivity contribution in [3.63, 3.8) is 0 Å². The Balaban J connectivity index is 1.65. The van der Waals surface area contributed by atoms with Gasteiger partial charge in [-0.2, -0.15) is 22.6 Å². The van der Waals surface area contributed by atoms with Crippen LogP contribution in [0.15, 0.2) is 59.8 Å². The molecular formula is C23H23F3N4O3S. The second-order valence-electron chi connectivity index (χ2n) is 8.08. The van der Waals surface area contributed by atoms with E-state index in [1.54, 1.807) is 13.0 Å². The van der Waals surface area contributed by atoms with Gasteiger partial charge < -0.3 is 5.32 Å². The Labute approximate surface area is 195 Å². The Kier molecular flexibility index (Phi) is 6.50. The van der Waals surface area contributed by atoms with E-state index in [2.05, 4.69) is 10.4 Å². The molecule has 1 N–H and O–H groups in total. The number of piperidine rings is 1. The molecule has 0 spiro atoms. The van der Waals surface area contributed by atoms with Gasteiger partial charge in [0.15, 0.2) is 0 Å². The van der Waals surface area contributed by atoms with Gasteiger partial charge in [0, 0.05) is 31.0 Å². The van der Waals surface area contributed by atoms with Crippen LogP contribution < -0.4 is 5.32 Å². The van der Waals surface area contributed by atoms with E-state index in [0.29, 0.717) is 18.7 Å². The van der Waals surface area contributed by atoms with Gasteiger partial charge in [-0.05, 0) is 61.7 Å². The van der Waals surface area contributed by atoms with E-state index in [-0.39, 0.29) is 16.1 Å². The van der Waals surface area contributed by atoms with E-state index in [4.69, 9.17) is 0 Å². The molecule has 0 atom stereocenters. The summed E-state index contributed by atoms with van der Waals surface area (Å²) in [7, 11) is -3.82. The average Bonchev–Trinajstić information content (AvgIpc) is 3.34. The molecule has 180 valence electrons. The third-order valence-corrected chi connectivity index (χ3v) is 7.75. The normalized spacial score (nSPS) is 15.3. The third-order valence-electron chi connectivity index (χ3n) is 5.71. The minimum absolute atomic E-state index is 0.0212. The van der Waals surface area contributed by atoms with E-state index < -0.39 is 33.4 Å². The van der Waals surface area contributed by atoms with Crippen molar-refractivity contribution in [3.8, 4) is 5.69 Å². The van der Waals surface area contributed by atoms with Crippen LogP contribution in [0, 0.1) is 6.92 Å². The summed E-state index contributed by atoms with van der Waals surface area (Å²) in [4.78, 5) is 12.8. The summed E-state index contributed by atoms with van der Waals surface area (Å²) < 4.78 is 70.1. The first-order valence-corrected chi connectivity index (χ1v) is 12.1. The Morgan fingerprint density at radius 3 is 2.44 bits per heavy atom. The third kappa shape index (κ3) is 4.85. The smallest absolute Gasteiger partial charge is 0.321 e. The van der Waals surface area contributed by atoms with Gasteiger partial charge in [0.25, 0.3) is 5.91 Å². The summed E-state index contributed by atoms with van der Waals surface area (Å²) >= 11 is 0. The van der Waals surface area contributed by atoms with Gasteiger partial charge in [-0.15, -0.1) is 0 Å². The Bertz CT molecular complexity index is 1300. The minimum Gasteiger partial charge on any atom is -0.321 e. The number of sulfonamides is 1. The van der Waals surface area contributed by atoms with Crippen LogP contribution in [0.4, 0.5) is 18.9 Å². The summed E-state index contributed by atoms with van der Waals surface area (Å²) in [6, 6.07) is 9.12. The maximum absolute atomic E-state index is 13.7. The van der Waals surface area contributed by atoms with Crippen molar-refractivity contribution >= 4 is 21.6 Å². The number of hydrogen-bond acceptors (Lipinski definition) is 4. The first-order chi connectivity index (χ1) is 16.1. The number of halogens is 3. The summed E-state index contributed by atoms with van der Waals surface area (Å²) in [5, 5.41) is 6.21. The van der Waals surface area contributed by atoms with E-state index in [1.165, 1.54) is 45.6 Å². The molecule has 0 aliphatic carbocycles. The highest BCUT2D eigenvalue weighted by atomic mass is 32.2. The van der Waals surface area contributed by atoms with Crippen molar-refractivity contribution in [2.75, 3.05) is 18.4 Å². The van der Waals surface area contributed by atoms with Gasteiger partial charge in [0.05, 0.1) is 21.8 Å². The van der Waals surface area contributed by atoms with Crippen molar-refractivity contribution in [2.24, 2.45) is 0 Å². The van der Waals surface area contributed by atoms with Gasteiger partial charge in [-0.3, -0.25) is 4.79 Å². The number of amides is 1. The standard InChI is InChI=1S/C23H23F3N4O3S/c1-16-6-7-17(14-21(16)34(32,33)29-11-3-2-4-12-29)22(31)28-20-9-8-18(30-13-5-10-27-30)15-19(20)23(24,25)26/h5-10,13-15H,2-4,11-12H2,1H3,(H,28,31). The largest absolute Gasteiger partial charge is 0.418 e. The fraction of sp³-hybridized carbons (Fsp3) is 0.304. The van der Waals surface area contributed by atoms with Crippen LogP contribution in [0.5, 0.6) is 0 Å². The predicted octanol–water partition coefficient (Wildman–Crippen LogP) is 4.63. The molecule has 0 bridgehead atoms. The number of aryl methyl sites for hydroxylation is 1. The highest BCUT2D eigenvalue weighted by Gasteiger charge is 2.35. The monoisotopic (exact) mass is 492 g/mol. The zero-order valence-corrected chi connectivity index (χ0v) is 19.2. The van der Waals surface area contributed by atoms with Gasteiger partial charge >= 0.3 is 6.18 Å². The molecular weight excluding hydrogens is 469 g/mol. The first-order valence-electron chi connectivity index (χ1n) is 10.7. The Morgan fingerprint density at radius 1 is 1.06 bits per heavy atom. The molecule has 11 heteroatoms. The van der Waals surface area contributed by atoms with Crippen LogP contribution in [0.3, 0.4) is 0 Å². The zero-order valence-electron chi connectivity index (χ0n) is 18.3. The molecule has 3 aromatic rings. The number of nitrogens with one attached hydrogen (secondary N) is 1.